The number of piperazine rings is 1. The summed E-state index contributed by atoms with van der Waals surface area (Å²) in [5, 5.41) is 3.31. The van der Waals surface area contributed by atoms with Gasteiger partial charge in [-0.3, -0.25) is 14.8 Å². The minimum absolute atomic E-state index is 0. The number of hydrogen-bond donors (Lipinski definition) is 2. The highest BCUT2D eigenvalue weighted by Gasteiger charge is 2.22. The summed E-state index contributed by atoms with van der Waals surface area (Å²) in [6, 6.07) is 1.08. The number of aliphatic imine (C=N–C) groups is 1. The van der Waals surface area contributed by atoms with Crippen LogP contribution in [0.3, 0.4) is 0 Å². The quantitative estimate of drug-likeness (QED) is 0.362. The van der Waals surface area contributed by atoms with E-state index in [1.807, 2.05) is 0 Å². The SMILES string of the molecule is CCN1CCCC1CNC(N)=NCC(C)N1CCN(C)CC1.I. The number of likely N-dealkylation sites (tertiary alicyclic amines) is 1. The molecule has 2 fully saturated rings. The Morgan fingerprint density at radius 3 is 2.61 bits per heavy atom. The molecule has 0 saturated carbocycles. The van der Waals surface area contributed by atoms with E-state index < -0.39 is 0 Å². The Morgan fingerprint density at radius 2 is 1.96 bits per heavy atom. The molecule has 2 atom stereocenters. The predicted molar refractivity (Wildman–Crippen MR) is 109 cm³/mol. The Labute approximate surface area is 158 Å². The average Bonchev–Trinajstić information content (AvgIpc) is 2.98. The van der Waals surface area contributed by atoms with E-state index in [1.54, 1.807) is 0 Å². The van der Waals surface area contributed by atoms with Crippen LogP contribution in [0.15, 0.2) is 4.99 Å². The van der Waals surface area contributed by atoms with Crippen LogP contribution in [-0.2, 0) is 0 Å². The maximum atomic E-state index is 6.03. The number of rotatable bonds is 6. The minimum Gasteiger partial charge on any atom is -0.370 e. The molecule has 0 aromatic heterocycles. The number of nitrogens with one attached hydrogen (secondary N) is 1. The van der Waals surface area contributed by atoms with Gasteiger partial charge in [0.1, 0.15) is 0 Å². The summed E-state index contributed by atoms with van der Waals surface area (Å²) in [7, 11) is 2.19. The minimum atomic E-state index is 0. The summed E-state index contributed by atoms with van der Waals surface area (Å²) in [5.41, 5.74) is 6.03. The molecule has 0 bridgehead atoms. The lowest BCUT2D eigenvalue weighted by Gasteiger charge is -2.35. The zero-order valence-electron chi connectivity index (χ0n) is 15.0. The molecule has 3 N–H and O–H groups in total. The van der Waals surface area contributed by atoms with Gasteiger partial charge in [0, 0.05) is 44.8 Å². The Morgan fingerprint density at radius 1 is 1.26 bits per heavy atom. The molecule has 2 rings (SSSR count). The van der Waals surface area contributed by atoms with Gasteiger partial charge < -0.3 is 16.0 Å². The van der Waals surface area contributed by atoms with Crippen LogP contribution in [0.2, 0.25) is 0 Å². The molecule has 2 saturated heterocycles. The van der Waals surface area contributed by atoms with Crippen molar-refractivity contribution in [3.8, 4) is 0 Å². The number of hydrogen-bond acceptors (Lipinski definition) is 4. The smallest absolute Gasteiger partial charge is 0.188 e. The van der Waals surface area contributed by atoms with Crippen molar-refractivity contribution in [2.75, 3.05) is 59.4 Å². The fourth-order valence-electron chi connectivity index (χ4n) is 3.43. The summed E-state index contributed by atoms with van der Waals surface area (Å²) < 4.78 is 0. The molecule has 2 unspecified atom stereocenters. The number of nitrogens with zero attached hydrogens (tertiary/aromatic N) is 4. The van der Waals surface area contributed by atoms with Crippen LogP contribution < -0.4 is 11.1 Å². The lowest BCUT2D eigenvalue weighted by molar-refractivity contribution is 0.122. The van der Waals surface area contributed by atoms with Crippen molar-refractivity contribution in [2.45, 2.75) is 38.8 Å². The molecule has 0 aliphatic carbocycles. The van der Waals surface area contributed by atoms with Gasteiger partial charge in [-0.15, -0.1) is 24.0 Å². The molecule has 0 radical (unpaired) electrons. The van der Waals surface area contributed by atoms with Gasteiger partial charge >= 0.3 is 0 Å². The summed E-state index contributed by atoms with van der Waals surface area (Å²) in [4.78, 5) is 11.9. The molecule has 0 amide bonds. The molecule has 2 aliphatic rings. The zero-order valence-corrected chi connectivity index (χ0v) is 17.3. The topological polar surface area (TPSA) is 60.1 Å². The zero-order chi connectivity index (χ0) is 15.9. The van der Waals surface area contributed by atoms with E-state index >= 15 is 0 Å². The fraction of sp³-hybridized carbons (Fsp3) is 0.938. The number of halogens is 1. The third-order valence-corrected chi connectivity index (χ3v) is 5.11. The van der Waals surface area contributed by atoms with Crippen molar-refractivity contribution in [1.82, 2.24) is 20.0 Å². The van der Waals surface area contributed by atoms with Gasteiger partial charge in [-0.25, -0.2) is 0 Å². The highest BCUT2D eigenvalue weighted by Crippen LogP contribution is 2.15. The van der Waals surface area contributed by atoms with Gasteiger partial charge in [0.25, 0.3) is 0 Å². The predicted octanol–water partition coefficient (Wildman–Crippen LogP) is 0.629. The summed E-state index contributed by atoms with van der Waals surface area (Å²) >= 11 is 0. The van der Waals surface area contributed by atoms with Crippen LogP contribution in [0.4, 0.5) is 0 Å². The van der Waals surface area contributed by atoms with Crippen LogP contribution in [0.25, 0.3) is 0 Å². The normalized spacial score (nSPS) is 26.0. The lowest BCUT2D eigenvalue weighted by atomic mass is 10.2. The third-order valence-electron chi connectivity index (χ3n) is 5.11. The molecule has 23 heavy (non-hydrogen) atoms. The Kier molecular flexibility index (Phi) is 9.72. The van der Waals surface area contributed by atoms with Crippen molar-refractivity contribution >= 4 is 29.9 Å². The van der Waals surface area contributed by atoms with Gasteiger partial charge in [-0.05, 0) is 39.9 Å². The van der Waals surface area contributed by atoms with E-state index in [0.29, 0.717) is 18.0 Å². The van der Waals surface area contributed by atoms with Crippen molar-refractivity contribution in [3.05, 3.63) is 0 Å². The van der Waals surface area contributed by atoms with Crippen LogP contribution in [-0.4, -0.2) is 92.1 Å². The second kappa shape index (κ2) is 10.7. The first-order valence-corrected chi connectivity index (χ1v) is 8.80. The van der Waals surface area contributed by atoms with E-state index in [-0.39, 0.29) is 24.0 Å². The first-order valence-electron chi connectivity index (χ1n) is 8.80. The van der Waals surface area contributed by atoms with Gasteiger partial charge in [-0.2, -0.15) is 0 Å². The lowest BCUT2D eigenvalue weighted by Crippen LogP contribution is -2.49. The maximum Gasteiger partial charge on any atom is 0.188 e. The third kappa shape index (κ3) is 6.72. The molecule has 2 heterocycles. The van der Waals surface area contributed by atoms with Crippen LogP contribution >= 0.6 is 24.0 Å². The Balaban J connectivity index is 0.00000264. The number of guanidine groups is 1. The second-order valence-electron chi connectivity index (χ2n) is 6.72. The van der Waals surface area contributed by atoms with Crippen molar-refractivity contribution in [2.24, 2.45) is 10.7 Å². The molecule has 7 heteroatoms. The number of nitrogens with two attached hydrogens (primary N) is 1. The second-order valence-corrected chi connectivity index (χ2v) is 6.72. The van der Waals surface area contributed by atoms with Gasteiger partial charge in [0.05, 0.1) is 6.54 Å². The number of likely N-dealkylation sites (N-methyl/N-ethyl adjacent to an activating group) is 2. The molecule has 0 aromatic carbocycles. The van der Waals surface area contributed by atoms with E-state index in [2.05, 4.69) is 45.9 Å². The standard InChI is InChI=1S/C16H34N6.HI/c1-4-21-7-5-6-15(21)13-19-16(17)18-12-14(2)22-10-8-20(3)9-11-22;/h14-15H,4-13H2,1-3H3,(H3,17,18,19);1H. The summed E-state index contributed by atoms with van der Waals surface area (Å²) in [6.07, 6.45) is 2.57. The molecule has 6 nitrogen and oxygen atoms in total. The summed E-state index contributed by atoms with van der Waals surface area (Å²) in [6.45, 7) is 13.1. The fourth-order valence-corrected chi connectivity index (χ4v) is 3.43. The van der Waals surface area contributed by atoms with E-state index in [4.69, 9.17) is 5.73 Å². The van der Waals surface area contributed by atoms with E-state index in [0.717, 1.165) is 45.8 Å². The van der Waals surface area contributed by atoms with Crippen LogP contribution in [0, 0.1) is 0 Å². The van der Waals surface area contributed by atoms with E-state index in [1.165, 1.54) is 19.4 Å². The van der Waals surface area contributed by atoms with E-state index in [9.17, 15) is 0 Å². The molecule has 0 aromatic rings. The van der Waals surface area contributed by atoms with Crippen LogP contribution in [0.5, 0.6) is 0 Å². The highest BCUT2D eigenvalue weighted by molar-refractivity contribution is 14.0. The molecular formula is C16H35IN6. The van der Waals surface area contributed by atoms with Crippen molar-refractivity contribution in [3.63, 3.8) is 0 Å². The maximum absolute atomic E-state index is 6.03. The highest BCUT2D eigenvalue weighted by atomic mass is 127. The molecule has 2 aliphatic heterocycles. The van der Waals surface area contributed by atoms with Gasteiger partial charge in [-0.1, -0.05) is 6.92 Å². The van der Waals surface area contributed by atoms with Gasteiger partial charge in [0.15, 0.2) is 5.96 Å². The first kappa shape index (κ1) is 20.9. The van der Waals surface area contributed by atoms with Gasteiger partial charge in [0.2, 0.25) is 0 Å². The summed E-state index contributed by atoms with van der Waals surface area (Å²) in [5.74, 6) is 0.601. The van der Waals surface area contributed by atoms with Crippen molar-refractivity contribution < 1.29 is 0 Å². The molecule has 0 spiro atoms. The molecular weight excluding hydrogens is 403 g/mol. The first-order chi connectivity index (χ1) is 10.6. The largest absolute Gasteiger partial charge is 0.370 e. The van der Waals surface area contributed by atoms with Crippen molar-refractivity contribution in [1.29, 1.82) is 0 Å². The monoisotopic (exact) mass is 438 g/mol. The van der Waals surface area contributed by atoms with Crippen LogP contribution in [0.1, 0.15) is 26.7 Å². The Bertz CT molecular complexity index is 356. The molecule has 136 valence electrons. The Hall–Kier alpha value is -0.120. The average molecular weight is 438 g/mol.